The van der Waals surface area contributed by atoms with Crippen LogP contribution in [0, 0.1) is 24.0 Å². The van der Waals surface area contributed by atoms with Gasteiger partial charge in [-0.25, -0.2) is 0 Å². The third-order valence-electron chi connectivity index (χ3n) is 3.57. The predicted octanol–water partition coefficient (Wildman–Crippen LogP) is -0.372. The highest BCUT2D eigenvalue weighted by molar-refractivity contribution is 5.76. The van der Waals surface area contributed by atoms with Crippen LogP contribution in [0.25, 0.3) is 0 Å². The smallest absolute Gasteiger partial charge is 0.312 e. The molecule has 0 spiro atoms. The zero-order chi connectivity index (χ0) is 15.6. The fourth-order valence-corrected chi connectivity index (χ4v) is 2.46. The quantitative estimate of drug-likeness (QED) is 0.599. The Hall–Kier alpha value is -2.00. The highest BCUT2D eigenvalue weighted by Gasteiger charge is 2.29. The second-order valence-corrected chi connectivity index (χ2v) is 4.93. The molecule has 1 unspecified atom stereocenters. The molecular formula is C12H18N4O5. The van der Waals surface area contributed by atoms with Gasteiger partial charge >= 0.3 is 5.69 Å². The largest absolute Gasteiger partial charge is 0.394 e. The Morgan fingerprint density at radius 2 is 2.29 bits per heavy atom. The average molecular weight is 298 g/mol. The number of hydrogen-bond donors (Lipinski definition) is 1. The van der Waals surface area contributed by atoms with Crippen LogP contribution < -0.4 is 0 Å². The van der Waals surface area contributed by atoms with E-state index in [-0.39, 0.29) is 36.5 Å². The molecule has 1 fully saturated rings. The Bertz CT molecular complexity index is 556. The normalized spacial score (nSPS) is 18.8. The summed E-state index contributed by atoms with van der Waals surface area (Å²) < 4.78 is 6.55. The van der Waals surface area contributed by atoms with Crippen molar-refractivity contribution in [3.05, 3.63) is 21.5 Å². The summed E-state index contributed by atoms with van der Waals surface area (Å²) in [7, 11) is 0. The number of aryl methyl sites for hydroxylation is 1. The number of nitro groups is 1. The Kier molecular flexibility index (Phi) is 4.53. The predicted molar refractivity (Wildman–Crippen MR) is 71.8 cm³/mol. The van der Waals surface area contributed by atoms with E-state index >= 15 is 0 Å². The van der Waals surface area contributed by atoms with Gasteiger partial charge in [-0.2, -0.15) is 5.10 Å². The van der Waals surface area contributed by atoms with Crippen LogP contribution in [-0.4, -0.2) is 63.0 Å². The van der Waals surface area contributed by atoms with E-state index in [9.17, 15) is 20.0 Å². The summed E-state index contributed by atoms with van der Waals surface area (Å²) in [6.45, 7) is 3.94. The Labute approximate surface area is 121 Å². The number of hydrogen-bond acceptors (Lipinski definition) is 6. The van der Waals surface area contributed by atoms with Gasteiger partial charge in [-0.05, 0) is 13.8 Å². The molecule has 1 N–H and O–H groups in total. The van der Waals surface area contributed by atoms with Gasteiger partial charge in [0, 0.05) is 6.54 Å². The van der Waals surface area contributed by atoms with Crippen LogP contribution >= 0.6 is 0 Å². The van der Waals surface area contributed by atoms with Gasteiger partial charge in [0.15, 0.2) is 0 Å². The van der Waals surface area contributed by atoms with Crippen molar-refractivity contribution >= 4 is 11.6 Å². The van der Waals surface area contributed by atoms with Crippen LogP contribution in [0.5, 0.6) is 0 Å². The van der Waals surface area contributed by atoms with E-state index in [0.717, 1.165) is 0 Å². The van der Waals surface area contributed by atoms with Gasteiger partial charge in [0.1, 0.15) is 17.9 Å². The third-order valence-corrected chi connectivity index (χ3v) is 3.57. The Morgan fingerprint density at radius 3 is 2.86 bits per heavy atom. The standard InChI is InChI=1S/C12H18N4O5/c1-8-12(16(19)20)9(2)15(13-8)5-11(18)14-3-4-21-7-10(14)6-17/h10,17H,3-7H2,1-2H3. The number of carbonyl (C=O) groups is 1. The molecule has 1 aliphatic rings. The van der Waals surface area contributed by atoms with Crippen LogP contribution in [0.4, 0.5) is 5.69 Å². The SMILES string of the molecule is Cc1nn(CC(=O)N2CCOCC2CO)c(C)c1[N+](=O)[O-]. The maximum atomic E-state index is 12.3. The molecule has 1 atom stereocenters. The summed E-state index contributed by atoms with van der Waals surface area (Å²) in [5.41, 5.74) is 0.564. The van der Waals surface area contributed by atoms with Crippen molar-refractivity contribution in [3.63, 3.8) is 0 Å². The minimum Gasteiger partial charge on any atom is -0.394 e. The van der Waals surface area contributed by atoms with Crippen LogP contribution in [0.3, 0.4) is 0 Å². The molecule has 1 aromatic heterocycles. The Morgan fingerprint density at radius 1 is 1.57 bits per heavy atom. The van der Waals surface area contributed by atoms with Gasteiger partial charge in [0.2, 0.25) is 5.91 Å². The van der Waals surface area contributed by atoms with Gasteiger partial charge in [-0.1, -0.05) is 0 Å². The lowest BCUT2D eigenvalue weighted by Gasteiger charge is -2.34. The number of ether oxygens (including phenoxy) is 1. The highest BCUT2D eigenvalue weighted by Crippen LogP contribution is 2.22. The first-order valence-electron chi connectivity index (χ1n) is 6.62. The molecule has 9 nitrogen and oxygen atoms in total. The molecule has 1 saturated heterocycles. The number of rotatable bonds is 4. The van der Waals surface area contributed by atoms with E-state index in [1.165, 1.54) is 16.5 Å². The molecule has 0 saturated carbocycles. The lowest BCUT2D eigenvalue weighted by atomic mass is 10.2. The van der Waals surface area contributed by atoms with Crippen molar-refractivity contribution in [2.75, 3.05) is 26.4 Å². The molecule has 1 aromatic rings. The van der Waals surface area contributed by atoms with Crippen molar-refractivity contribution in [2.24, 2.45) is 0 Å². The number of amides is 1. The van der Waals surface area contributed by atoms with Crippen molar-refractivity contribution in [2.45, 2.75) is 26.4 Å². The maximum Gasteiger partial charge on any atom is 0.312 e. The number of nitrogens with zero attached hydrogens (tertiary/aromatic N) is 4. The van der Waals surface area contributed by atoms with Crippen LogP contribution in [0.2, 0.25) is 0 Å². The fourth-order valence-electron chi connectivity index (χ4n) is 2.46. The molecule has 0 aromatic carbocycles. The molecular weight excluding hydrogens is 280 g/mol. The van der Waals surface area contributed by atoms with E-state index in [4.69, 9.17) is 4.74 Å². The first-order valence-corrected chi connectivity index (χ1v) is 6.62. The summed E-state index contributed by atoms with van der Waals surface area (Å²) in [6.07, 6.45) is 0. The monoisotopic (exact) mass is 298 g/mol. The summed E-state index contributed by atoms with van der Waals surface area (Å²) in [6, 6.07) is -0.377. The Balaban J connectivity index is 2.16. The van der Waals surface area contributed by atoms with E-state index in [1.54, 1.807) is 6.92 Å². The van der Waals surface area contributed by atoms with Crippen molar-refractivity contribution < 1.29 is 19.6 Å². The highest BCUT2D eigenvalue weighted by atomic mass is 16.6. The van der Waals surface area contributed by atoms with E-state index < -0.39 is 4.92 Å². The number of carbonyl (C=O) groups excluding carboxylic acids is 1. The van der Waals surface area contributed by atoms with Crippen LogP contribution in [0.1, 0.15) is 11.4 Å². The summed E-state index contributed by atoms with van der Waals surface area (Å²) in [4.78, 5) is 24.3. The molecule has 1 amide bonds. The lowest BCUT2D eigenvalue weighted by molar-refractivity contribution is -0.386. The van der Waals surface area contributed by atoms with Gasteiger partial charge in [-0.3, -0.25) is 19.6 Å². The first kappa shape index (κ1) is 15.4. The van der Waals surface area contributed by atoms with E-state index in [1.807, 2.05) is 0 Å². The van der Waals surface area contributed by atoms with Crippen molar-refractivity contribution in [1.82, 2.24) is 14.7 Å². The third kappa shape index (κ3) is 3.03. The number of aliphatic hydroxyl groups is 1. The number of aromatic nitrogens is 2. The topological polar surface area (TPSA) is 111 Å². The molecule has 2 heterocycles. The summed E-state index contributed by atoms with van der Waals surface area (Å²) in [5.74, 6) is -0.238. The molecule has 1 aliphatic heterocycles. The molecule has 9 heteroatoms. The zero-order valence-electron chi connectivity index (χ0n) is 12.0. The van der Waals surface area contributed by atoms with E-state index in [0.29, 0.717) is 25.5 Å². The molecule has 0 aliphatic carbocycles. The number of aliphatic hydroxyl groups excluding tert-OH is 1. The average Bonchev–Trinajstić information content (AvgIpc) is 2.73. The number of morpholine rings is 1. The second-order valence-electron chi connectivity index (χ2n) is 4.93. The lowest BCUT2D eigenvalue weighted by Crippen LogP contribution is -2.51. The molecule has 0 bridgehead atoms. The van der Waals surface area contributed by atoms with Crippen molar-refractivity contribution in [3.8, 4) is 0 Å². The van der Waals surface area contributed by atoms with Crippen molar-refractivity contribution in [1.29, 1.82) is 0 Å². The van der Waals surface area contributed by atoms with Gasteiger partial charge in [0.05, 0.1) is 30.8 Å². The zero-order valence-corrected chi connectivity index (χ0v) is 12.0. The molecule has 116 valence electrons. The minimum atomic E-state index is -0.496. The fraction of sp³-hybridized carbons (Fsp3) is 0.667. The van der Waals surface area contributed by atoms with E-state index in [2.05, 4.69) is 5.10 Å². The summed E-state index contributed by atoms with van der Waals surface area (Å²) in [5, 5.41) is 24.3. The van der Waals surface area contributed by atoms with Crippen LogP contribution in [-0.2, 0) is 16.1 Å². The van der Waals surface area contributed by atoms with Crippen LogP contribution in [0.15, 0.2) is 0 Å². The maximum absolute atomic E-state index is 12.3. The minimum absolute atomic E-state index is 0.0662. The van der Waals surface area contributed by atoms with Gasteiger partial charge in [-0.15, -0.1) is 0 Å². The van der Waals surface area contributed by atoms with Gasteiger partial charge in [0.25, 0.3) is 0 Å². The molecule has 21 heavy (non-hydrogen) atoms. The molecule has 2 rings (SSSR count). The first-order chi connectivity index (χ1) is 9.95. The molecule has 0 radical (unpaired) electrons. The summed E-state index contributed by atoms with van der Waals surface area (Å²) >= 11 is 0. The van der Waals surface area contributed by atoms with Gasteiger partial charge < -0.3 is 14.7 Å². The second kappa shape index (κ2) is 6.19.